The van der Waals surface area contributed by atoms with E-state index in [0.29, 0.717) is 17.9 Å². The molecule has 2 N–H and O–H groups in total. The molecule has 2 nitrogen and oxygen atoms in total. The van der Waals surface area contributed by atoms with Crippen LogP contribution in [0.4, 0.5) is 0 Å². The highest BCUT2D eigenvalue weighted by Gasteiger charge is 2.30. The Labute approximate surface area is 117 Å². The van der Waals surface area contributed by atoms with Crippen molar-refractivity contribution in [2.24, 2.45) is 5.92 Å². The zero-order chi connectivity index (χ0) is 13.8. The molecule has 1 aromatic carbocycles. The second kappa shape index (κ2) is 6.53. The fourth-order valence-electron chi connectivity index (χ4n) is 3.01. The summed E-state index contributed by atoms with van der Waals surface area (Å²) in [6.45, 7) is 7.24. The molecule has 19 heavy (non-hydrogen) atoms. The van der Waals surface area contributed by atoms with Gasteiger partial charge in [0.05, 0.1) is 6.10 Å². The van der Waals surface area contributed by atoms with E-state index in [1.165, 1.54) is 24.0 Å². The van der Waals surface area contributed by atoms with Crippen LogP contribution in [0, 0.1) is 12.8 Å². The number of benzene rings is 1. The number of aryl methyl sites for hydroxylation is 1. The smallest absolute Gasteiger partial charge is 0.0667 e. The molecule has 0 saturated heterocycles. The van der Waals surface area contributed by atoms with Gasteiger partial charge in [-0.25, -0.2) is 0 Å². The van der Waals surface area contributed by atoms with Crippen LogP contribution in [0.1, 0.15) is 50.2 Å². The first kappa shape index (κ1) is 14.5. The van der Waals surface area contributed by atoms with E-state index in [-0.39, 0.29) is 6.10 Å². The Hall–Kier alpha value is -0.860. The highest BCUT2D eigenvalue weighted by Crippen LogP contribution is 2.38. The average Bonchev–Trinajstić information content (AvgIpc) is 2.28. The number of aliphatic hydroxyl groups is 1. The quantitative estimate of drug-likeness (QED) is 0.824. The second-order valence-electron chi connectivity index (χ2n) is 6.41. The molecule has 0 spiro atoms. The summed E-state index contributed by atoms with van der Waals surface area (Å²) in [4.78, 5) is 0. The fourth-order valence-corrected chi connectivity index (χ4v) is 3.01. The third-order valence-corrected chi connectivity index (χ3v) is 4.15. The fraction of sp³-hybridized carbons (Fsp3) is 0.647. The molecule has 0 aromatic heterocycles. The first-order valence-electron chi connectivity index (χ1n) is 7.53. The Bertz CT molecular complexity index is 396. The van der Waals surface area contributed by atoms with Gasteiger partial charge in [-0.05, 0) is 49.1 Å². The van der Waals surface area contributed by atoms with Crippen molar-refractivity contribution < 1.29 is 5.11 Å². The van der Waals surface area contributed by atoms with Crippen LogP contribution in [0.15, 0.2) is 24.3 Å². The first-order chi connectivity index (χ1) is 9.06. The lowest BCUT2D eigenvalue weighted by molar-refractivity contribution is 0.133. The lowest BCUT2D eigenvalue weighted by Crippen LogP contribution is -2.43. The van der Waals surface area contributed by atoms with Gasteiger partial charge >= 0.3 is 0 Å². The van der Waals surface area contributed by atoms with Crippen LogP contribution in [0.25, 0.3) is 0 Å². The van der Waals surface area contributed by atoms with E-state index in [1.807, 2.05) is 0 Å². The van der Waals surface area contributed by atoms with Crippen LogP contribution in [0.5, 0.6) is 0 Å². The van der Waals surface area contributed by atoms with Crippen molar-refractivity contribution in [3.8, 4) is 0 Å². The predicted octanol–water partition coefficient (Wildman–Crippen LogP) is 3.24. The van der Waals surface area contributed by atoms with Crippen molar-refractivity contribution in [2.45, 2.75) is 58.1 Å². The number of nitrogens with one attached hydrogen (secondary N) is 1. The summed E-state index contributed by atoms with van der Waals surface area (Å²) in [5, 5.41) is 13.3. The monoisotopic (exact) mass is 261 g/mol. The number of hydrogen-bond donors (Lipinski definition) is 2. The van der Waals surface area contributed by atoms with Crippen LogP contribution in [-0.4, -0.2) is 23.8 Å². The standard InChI is InChI=1S/C17H27NO/c1-12(2)8-16(19)11-18-15-9-14(10-15)17-7-5-4-6-13(17)3/h4-7,12,14-16,18-19H,8-11H2,1-3H3. The molecular weight excluding hydrogens is 234 g/mol. The minimum atomic E-state index is -0.197. The predicted molar refractivity (Wildman–Crippen MR) is 80.4 cm³/mol. The van der Waals surface area contributed by atoms with Gasteiger partial charge in [-0.1, -0.05) is 38.1 Å². The lowest BCUT2D eigenvalue weighted by atomic mass is 9.74. The Morgan fingerprint density at radius 1 is 1.26 bits per heavy atom. The Kier molecular flexibility index (Phi) is 5.00. The molecule has 0 aliphatic heterocycles. The molecule has 0 heterocycles. The van der Waals surface area contributed by atoms with Crippen LogP contribution in [0.3, 0.4) is 0 Å². The molecule has 1 saturated carbocycles. The Balaban J connectivity index is 1.71. The lowest BCUT2D eigenvalue weighted by Gasteiger charge is -2.37. The zero-order valence-corrected chi connectivity index (χ0v) is 12.4. The summed E-state index contributed by atoms with van der Waals surface area (Å²) in [6, 6.07) is 9.28. The van der Waals surface area contributed by atoms with Crippen molar-refractivity contribution in [2.75, 3.05) is 6.54 Å². The van der Waals surface area contributed by atoms with Crippen LogP contribution >= 0.6 is 0 Å². The van der Waals surface area contributed by atoms with Crippen LogP contribution in [0.2, 0.25) is 0 Å². The van der Waals surface area contributed by atoms with E-state index in [9.17, 15) is 5.11 Å². The van der Waals surface area contributed by atoms with E-state index >= 15 is 0 Å². The van der Waals surface area contributed by atoms with E-state index in [0.717, 1.165) is 13.0 Å². The number of aliphatic hydroxyl groups excluding tert-OH is 1. The maximum atomic E-state index is 9.85. The van der Waals surface area contributed by atoms with Gasteiger partial charge in [0, 0.05) is 12.6 Å². The van der Waals surface area contributed by atoms with Crippen LogP contribution < -0.4 is 5.32 Å². The van der Waals surface area contributed by atoms with Crippen molar-refractivity contribution in [1.29, 1.82) is 0 Å². The summed E-state index contributed by atoms with van der Waals surface area (Å²) in [5.41, 5.74) is 2.91. The molecule has 0 amide bonds. The second-order valence-corrected chi connectivity index (χ2v) is 6.41. The number of hydrogen-bond acceptors (Lipinski definition) is 2. The molecular formula is C17H27NO. The Morgan fingerprint density at radius 2 is 1.95 bits per heavy atom. The first-order valence-corrected chi connectivity index (χ1v) is 7.53. The molecule has 1 atom stereocenters. The third-order valence-electron chi connectivity index (χ3n) is 4.15. The van der Waals surface area contributed by atoms with Crippen molar-refractivity contribution in [3.63, 3.8) is 0 Å². The van der Waals surface area contributed by atoms with Gasteiger partial charge < -0.3 is 10.4 Å². The summed E-state index contributed by atoms with van der Waals surface area (Å²) in [6.07, 6.45) is 3.11. The molecule has 1 aromatic rings. The maximum absolute atomic E-state index is 9.85. The largest absolute Gasteiger partial charge is 0.392 e. The van der Waals surface area contributed by atoms with Gasteiger partial charge in [-0.2, -0.15) is 0 Å². The molecule has 2 heteroatoms. The summed E-state index contributed by atoms with van der Waals surface area (Å²) in [7, 11) is 0. The molecule has 0 radical (unpaired) electrons. The molecule has 1 aliphatic rings. The molecule has 106 valence electrons. The van der Waals surface area contributed by atoms with E-state index < -0.39 is 0 Å². The van der Waals surface area contributed by atoms with Gasteiger partial charge in [-0.3, -0.25) is 0 Å². The summed E-state index contributed by atoms with van der Waals surface area (Å²) < 4.78 is 0. The van der Waals surface area contributed by atoms with Crippen LogP contribution in [-0.2, 0) is 0 Å². The highest BCUT2D eigenvalue weighted by molar-refractivity contribution is 5.31. The van der Waals surface area contributed by atoms with Crippen molar-refractivity contribution in [3.05, 3.63) is 35.4 Å². The van der Waals surface area contributed by atoms with Crippen molar-refractivity contribution in [1.82, 2.24) is 5.32 Å². The molecule has 2 rings (SSSR count). The summed E-state index contributed by atoms with van der Waals surface area (Å²) in [5.74, 6) is 1.28. The Morgan fingerprint density at radius 3 is 2.58 bits per heavy atom. The topological polar surface area (TPSA) is 32.3 Å². The van der Waals surface area contributed by atoms with Gasteiger partial charge in [0.2, 0.25) is 0 Å². The van der Waals surface area contributed by atoms with E-state index in [2.05, 4.69) is 50.4 Å². The average molecular weight is 261 g/mol. The van der Waals surface area contributed by atoms with E-state index in [1.54, 1.807) is 0 Å². The molecule has 0 bridgehead atoms. The third kappa shape index (κ3) is 4.05. The highest BCUT2D eigenvalue weighted by atomic mass is 16.3. The summed E-state index contributed by atoms with van der Waals surface area (Å²) >= 11 is 0. The van der Waals surface area contributed by atoms with Gasteiger partial charge in [-0.15, -0.1) is 0 Å². The molecule has 1 unspecified atom stereocenters. The minimum absolute atomic E-state index is 0.197. The SMILES string of the molecule is Cc1ccccc1C1CC(NCC(O)CC(C)C)C1. The van der Waals surface area contributed by atoms with Gasteiger partial charge in [0.25, 0.3) is 0 Å². The zero-order valence-electron chi connectivity index (χ0n) is 12.4. The maximum Gasteiger partial charge on any atom is 0.0667 e. The van der Waals surface area contributed by atoms with Crippen molar-refractivity contribution >= 4 is 0 Å². The molecule has 1 aliphatic carbocycles. The molecule has 1 fully saturated rings. The minimum Gasteiger partial charge on any atom is -0.392 e. The van der Waals surface area contributed by atoms with Gasteiger partial charge in [0.1, 0.15) is 0 Å². The normalized spacial score (nSPS) is 24.3. The number of rotatable bonds is 6. The van der Waals surface area contributed by atoms with Gasteiger partial charge in [0.15, 0.2) is 0 Å². The van der Waals surface area contributed by atoms with E-state index in [4.69, 9.17) is 0 Å².